The van der Waals surface area contributed by atoms with Crippen LogP contribution in [-0.4, -0.2) is 9.55 Å². The van der Waals surface area contributed by atoms with Crippen LogP contribution in [0, 0.1) is 0 Å². The zero-order valence-electron chi connectivity index (χ0n) is 11.5. The van der Waals surface area contributed by atoms with Crippen molar-refractivity contribution in [3.05, 3.63) is 48.0 Å². The molecule has 1 atom stereocenters. The SMILES string of the molecule is CC[C@@H](N)c1ccc(OCc2cncn2CC)cc1. The summed E-state index contributed by atoms with van der Waals surface area (Å²) in [6.45, 7) is 5.61. The Morgan fingerprint density at radius 3 is 2.63 bits per heavy atom. The van der Waals surface area contributed by atoms with Gasteiger partial charge in [0.2, 0.25) is 0 Å². The van der Waals surface area contributed by atoms with E-state index in [2.05, 4.69) is 23.4 Å². The lowest BCUT2D eigenvalue weighted by atomic mass is 10.1. The third kappa shape index (κ3) is 3.35. The van der Waals surface area contributed by atoms with Gasteiger partial charge in [0.15, 0.2) is 0 Å². The predicted octanol–water partition coefficient (Wildman–Crippen LogP) is 2.89. The van der Waals surface area contributed by atoms with Crippen molar-refractivity contribution in [2.45, 2.75) is 39.5 Å². The average Bonchev–Trinajstić information content (AvgIpc) is 2.92. The van der Waals surface area contributed by atoms with Crippen molar-refractivity contribution in [2.24, 2.45) is 5.73 Å². The highest BCUT2D eigenvalue weighted by molar-refractivity contribution is 5.29. The Hall–Kier alpha value is -1.81. The zero-order chi connectivity index (χ0) is 13.7. The third-order valence-corrected chi connectivity index (χ3v) is 3.27. The Balaban J connectivity index is 1.96. The van der Waals surface area contributed by atoms with Gasteiger partial charge in [0.1, 0.15) is 12.4 Å². The van der Waals surface area contributed by atoms with E-state index in [1.165, 1.54) is 0 Å². The van der Waals surface area contributed by atoms with E-state index in [1.807, 2.05) is 36.8 Å². The second-order valence-electron chi connectivity index (χ2n) is 4.54. The van der Waals surface area contributed by atoms with Crippen molar-refractivity contribution in [1.29, 1.82) is 0 Å². The summed E-state index contributed by atoms with van der Waals surface area (Å²) >= 11 is 0. The number of benzene rings is 1. The second-order valence-corrected chi connectivity index (χ2v) is 4.54. The molecule has 0 saturated carbocycles. The first-order valence-corrected chi connectivity index (χ1v) is 6.72. The molecule has 0 fully saturated rings. The fourth-order valence-electron chi connectivity index (χ4n) is 1.96. The molecule has 1 aromatic heterocycles. The van der Waals surface area contributed by atoms with Gasteiger partial charge >= 0.3 is 0 Å². The summed E-state index contributed by atoms with van der Waals surface area (Å²) in [4.78, 5) is 4.12. The van der Waals surface area contributed by atoms with E-state index in [4.69, 9.17) is 10.5 Å². The van der Waals surface area contributed by atoms with Crippen molar-refractivity contribution >= 4 is 0 Å². The van der Waals surface area contributed by atoms with Crippen molar-refractivity contribution in [2.75, 3.05) is 0 Å². The maximum atomic E-state index is 5.98. The Kier molecular flexibility index (Phi) is 4.58. The van der Waals surface area contributed by atoms with Gasteiger partial charge in [-0.1, -0.05) is 19.1 Å². The molecule has 2 rings (SSSR count). The van der Waals surface area contributed by atoms with Crippen molar-refractivity contribution < 1.29 is 4.74 Å². The number of aromatic nitrogens is 2. The number of aryl methyl sites for hydroxylation is 1. The van der Waals surface area contributed by atoms with Crippen molar-refractivity contribution in [3.8, 4) is 5.75 Å². The largest absolute Gasteiger partial charge is 0.487 e. The Bertz CT molecular complexity index is 504. The number of nitrogens with zero attached hydrogens (tertiary/aromatic N) is 2. The van der Waals surface area contributed by atoms with Crippen LogP contribution in [0.4, 0.5) is 0 Å². The molecule has 0 saturated heterocycles. The predicted molar refractivity (Wildman–Crippen MR) is 75.9 cm³/mol. The molecule has 0 unspecified atom stereocenters. The minimum Gasteiger partial charge on any atom is -0.487 e. The Morgan fingerprint density at radius 2 is 2.00 bits per heavy atom. The minimum absolute atomic E-state index is 0.107. The van der Waals surface area contributed by atoms with Gasteiger partial charge in [-0.05, 0) is 31.0 Å². The number of hydrogen-bond donors (Lipinski definition) is 1. The van der Waals surface area contributed by atoms with Crippen LogP contribution >= 0.6 is 0 Å². The van der Waals surface area contributed by atoms with Crippen LogP contribution in [0.25, 0.3) is 0 Å². The molecular weight excluding hydrogens is 238 g/mol. The maximum Gasteiger partial charge on any atom is 0.130 e. The highest BCUT2D eigenvalue weighted by Crippen LogP contribution is 2.19. The minimum atomic E-state index is 0.107. The van der Waals surface area contributed by atoms with Crippen molar-refractivity contribution in [3.63, 3.8) is 0 Å². The quantitative estimate of drug-likeness (QED) is 0.867. The smallest absolute Gasteiger partial charge is 0.130 e. The molecule has 102 valence electrons. The molecule has 19 heavy (non-hydrogen) atoms. The van der Waals surface area contributed by atoms with Gasteiger partial charge in [-0.15, -0.1) is 0 Å². The van der Waals surface area contributed by atoms with Crippen LogP contribution in [0.3, 0.4) is 0 Å². The lowest BCUT2D eigenvalue weighted by Gasteiger charge is -2.11. The van der Waals surface area contributed by atoms with E-state index in [9.17, 15) is 0 Å². The van der Waals surface area contributed by atoms with Crippen molar-refractivity contribution in [1.82, 2.24) is 9.55 Å². The number of rotatable bonds is 6. The first-order chi connectivity index (χ1) is 9.24. The lowest BCUT2D eigenvalue weighted by molar-refractivity contribution is 0.295. The highest BCUT2D eigenvalue weighted by atomic mass is 16.5. The molecule has 0 radical (unpaired) electrons. The van der Waals surface area contributed by atoms with Crippen LogP contribution in [0.15, 0.2) is 36.8 Å². The van der Waals surface area contributed by atoms with Gasteiger partial charge in [0.25, 0.3) is 0 Å². The molecule has 0 aliphatic carbocycles. The first kappa shape index (κ1) is 13.6. The molecule has 1 aromatic carbocycles. The maximum absolute atomic E-state index is 5.98. The van der Waals surface area contributed by atoms with E-state index in [1.54, 1.807) is 0 Å². The summed E-state index contributed by atoms with van der Waals surface area (Å²) in [6, 6.07) is 8.10. The number of ether oxygens (including phenoxy) is 1. The summed E-state index contributed by atoms with van der Waals surface area (Å²) in [7, 11) is 0. The Morgan fingerprint density at radius 1 is 1.26 bits per heavy atom. The highest BCUT2D eigenvalue weighted by Gasteiger charge is 2.04. The molecular formula is C15H21N3O. The summed E-state index contributed by atoms with van der Waals surface area (Å²) in [6.07, 6.45) is 4.60. The fraction of sp³-hybridized carbons (Fsp3) is 0.400. The molecule has 4 heteroatoms. The number of hydrogen-bond acceptors (Lipinski definition) is 3. The molecule has 2 N–H and O–H groups in total. The van der Waals surface area contributed by atoms with Crippen LogP contribution < -0.4 is 10.5 Å². The van der Waals surface area contributed by atoms with Gasteiger partial charge in [0, 0.05) is 12.6 Å². The third-order valence-electron chi connectivity index (χ3n) is 3.27. The van der Waals surface area contributed by atoms with Crippen LogP contribution in [0.2, 0.25) is 0 Å². The average molecular weight is 259 g/mol. The van der Waals surface area contributed by atoms with Gasteiger partial charge < -0.3 is 15.0 Å². The number of imidazole rings is 1. The second kappa shape index (κ2) is 6.38. The summed E-state index contributed by atoms with van der Waals surface area (Å²) < 4.78 is 7.83. The molecule has 2 aromatic rings. The van der Waals surface area contributed by atoms with E-state index in [0.29, 0.717) is 6.61 Å². The van der Waals surface area contributed by atoms with E-state index < -0.39 is 0 Å². The topological polar surface area (TPSA) is 53.1 Å². The van der Waals surface area contributed by atoms with Gasteiger partial charge in [0.05, 0.1) is 18.2 Å². The van der Waals surface area contributed by atoms with E-state index in [0.717, 1.165) is 30.0 Å². The fourth-order valence-corrected chi connectivity index (χ4v) is 1.96. The monoisotopic (exact) mass is 259 g/mol. The van der Waals surface area contributed by atoms with Gasteiger partial charge in [-0.25, -0.2) is 4.98 Å². The normalized spacial score (nSPS) is 12.4. The van der Waals surface area contributed by atoms with Crippen LogP contribution in [0.1, 0.15) is 37.6 Å². The summed E-state index contributed by atoms with van der Waals surface area (Å²) in [5.74, 6) is 0.857. The molecule has 0 aliphatic rings. The molecule has 0 spiro atoms. The number of nitrogens with two attached hydrogens (primary N) is 1. The standard InChI is InChI=1S/C15H21N3O/c1-3-15(16)12-5-7-14(8-6-12)19-10-13-9-17-11-18(13)4-2/h5-9,11,15H,3-4,10,16H2,1-2H3/t15-/m1/s1. The summed E-state index contributed by atoms with van der Waals surface area (Å²) in [5.41, 5.74) is 8.21. The molecule has 0 bridgehead atoms. The first-order valence-electron chi connectivity index (χ1n) is 6.72. The van der Waals surface area contributed by atoms with E-state index >= 15 is 0 Å². The Labute approximate surface area is 114 Å². The lowest BCUT2D eigenvalue weighted by Crippen LogP contribution is -2.08. The molecule has 0 amide bonds. The zero-order valence-corrected chi connectivity index (χ0v) is 11.5. The van der Waals surface area contributed by atoms with Gasteiger partial charge in [-0.3, -0.25) is 0 Å². The molecule has 4 nitrogen and oxygen atoms in total. The summed E-state index contributed by atoms with van der Waals surface area (Å²) in [5, 5.41) is 0. The van der Waals surface area contributed by atoms with Crippen LogP contribution in [-0.2, 0) is 13.2 Å². The van der Waals surface area contributed by atoms with Gasteiger partial charge in [-0.2, -0.15) is 0 Å². The molecule has 0 aliphatic heterocycles. The van der Waals surface area contributed by atoms with Crippen LogP contribution in [0.5, 0.6) is 5.75 Å². The van der Waals surface area contributed by atoms with E-state index in [-0.39, 0.29) is 6.04 Å². The molecule has 1 heterocycles.